The molecule has 0 bridgehead atoms. The third kappa shape index (κ3) is 3.12. The molecule has 0 unspecified atom stereocenters. The van der Waals surface area contributed by atoms with Crippen LogP contribution in [0.3, 0.4) is 0 Å². The van der Waals surface area contributed by atoms with Crippen molar-refractivity contribution in [2.45, 2.75) is 32.7 Å². The minimum absolute atomic E-state index is 0.0941. The normalized spacial score (nSPS) is 15.0. The smallest absolute Gasteiger partial charge is 0.161 e. The molecule has 1 atom stereocenters. The van der Waals surface area contributed by atoms with E-state index >= 15 is 0 Å². The monoisotopic (exact) mass is 338 g/mol. The summed E-state index contributed by atoms with van der Waals surface area (Å²) in [4.78, 5) is 4.59. The van der Waals surface area contributed by atoms with Gasteiger partial charge in [-0.2, -0.15) is 9.61 Å². The van der Waals surface area contributed by atoms with Gasteiger partial charge in [-0.3, -0.25) is 0 Å². The summed E-state index contributed by atoms with van der Waals surface area (Å²) in [7, 11) is 0. The summed E-state index contributed by atoms with van der Waals surface area (Å²) in [5, 5.41) is 7.92. The fraction of sp³-hybridized carbons (Fsp3) is 0.368. The van der Waals surface area contributed by atoms with Crippen LogP contribution in [0.4, 0.5) is 5.82 Å². The molecular weight excluding hydrogens is 316 g/mol. The molecule has 0 saturated heterocycles. The number of fused-ring (bicyclic) bond motifs is 2. The molecule has 25 heavy (non-hydrogen) atoms. The summed E-state index contributed by atoms with van der Waals surface area (Å²) in [6, 6.07) is 10.2. The summed E-state index contributed by atoms with van der Waals surface area (Å²) >= 11 is 0. The largest absolute Gasteiger partial charge is 0.490 e. The van der Waals surface area contributed by atoms with Crippen molar-refractivity contribution in [2.24, 2.45) is 0 Å². The summed E-state index contributed by atoms with van der Waals surface area (Å²) in [6.07, 6.45) is 3.56. The Morgan fingerprint density at radius 2 is 2.00 bits per heavy atom. The summed E-state index contributed by atoms with van der Waals surface area (Å²) in [5.74, 6) is 2.57. The summed E-state index contributed by atoms with van der Waals surface area (Å²) in [5.41, 5.74) is 3.04. The lowest BCUT2D eigenvalue weighted by atomic mass is 10.1. The van der Waals surface area contributed by atoms with Gasteiger partial charge in [0.1, 0.15) is 5.82 Å². The van der Waals surface area contributed by atoms with Crippen molar-refractivity contribution in [3.63, 3.8) is 0 Å². The second-order valence-corrected chi connectivity index (χ2v) is 6.21. The van der Waals surface area contributed by atoms with E-state index in [0.29, 0.717) is 13.2 Å². The summed E-state index contributed by atoms with van der Waals surface area (Å²) in [6.45, 7) is 5.62. The number of aryl methyl sites for hydroxylation is 1. The molecular formula is C19H22N4O2. The maximum Gasteiger partial charge on any atom is 0.161 e. The lowest BCUT2D eigenvalue weighted by Crippen LogP contribution is -2.12. The molecule has 3 aromatic rings. The maximum absolute atomic E-state index is 5.80. The number of anilines is 1. The zero-order chi connectivity index (χ0) is 17.2. The molecule has 1 aromatic carbocycles. The Balaban J connectivity index is 1.63. The van der Waals surface area contributed by atoms with E-state index in [-0.39, 0.29) is 6.04 Å². The predicted octanol–water partition coefficient (Wildman–Crippen LogP) is 3.63. The Bertz CT molecular complexity index is 890. The molecule has 1 aliphatic heterocycles. The zero-order valence-electron chi connectivity index (χ0n) is 14.5. The van der Waals surface area contributed by atoms with Crippen molar-refractivity contribution in [3.8, 4) is 11.5 Å². The second-order valence-electron chi connectivity index (χ2n) is 6.21. The highest BCUT2D eigenvalue weighted by Gasteiger charge is 2.15. The van der Waals surface area contributed by atoms with E-state index in [0.717, 1.165) is 47.1 Å². The van der Waals surface area contributed by atoms with E-state index in [4.69, 9.17) is 9.47 Å². The zero-order valence-corrected chi connectivity index (χ0v) is 14.5. The fourth-order valence-electron chi connectivity index (χ4n) is 3.00. The van der Waals surface area contributed by atoms with Crippen LogP contribution >= 0.6 is 0 Å². The summed E-state index contributed by atoms with van der Waals surface area (Å²) < 4.78 is 13.3. The van der Waals surface area contributed by atoms with Gasteiger partial charge in [-0.15, -0.1) is 0 Å². The van der Waals surface area contributed by atoms with Crippen LogP contribution in [0.15, 0.2) is 36.5 Å². The molecule has 0 amide bonds. The fourth-order valence-corrected chi connectivity index (χ4v) is 3.00. The van der Waals surface area contributed by atoms with Crippen LogP contribution in [0, 0.1) is 0 Å². The number of aromatic nitrogens is 3. The van der Waals surface area contributed by atoms with E-state index in [1.807, 2.05) is 16.6 Å². The van der Waals surface area contributed by atoms with Crippen molar-refractivity contribution in [2.75, 3.05) is 18.5 Å². The molecule has 0 aliphatic carbocycles. The van der Waals surface area contributed by atoms with Gasteiger partial charge in [0.05, 0.1) is 25.5 Å². The molecule has 6 heteroatoms. The van der Waals surface area contributed by atoms with Gasteiger partial charge >= 0.3 is 0 Å². The molecule has 0 saturated carbocycles. The van der Waals surface area contributed by atoms with E-state index in [2.05, 4.69) is 47.4 Å². The highest BCUT2D eigenvalue weighted by Crippen LogP contribution is 2.33. The molecule has 130 valence electrons. The Morgan fingerprint density at radius 3 is 2.84 bits per heavy atom. The number of ether oxygens (including phenoxy) is 2. The van der Waals surface area contributed by atoms with Crippen molar-refractivity contribution in [1.82, 2.24) is 14.6 Å². The molecule has 1 N–H and O–H groups in total. The van der Waals surface area contributed by atoms with Gasteiger partial charge < -0.3 is 14.8 Å². The highest BCUT2D eigenvalue weighted by atomic mass is 16.5. The Kier molecular flexibility index (Phi) is 4.17. The second kappa shape index (κ2) is 6.63. The van der Waals surface area contributed by atoms with Gasteiger partial charge in [-0.1, -0.05) is 13.0 Å². The van der Waals surface area contributed by atoms with Crippen LogP contribution in [0.25, 0.3) is 5.65 Å². The quantitative estimate of drug-likeness (QED) is 0.787. The van der Waals surface area contributed by atoms with Crippen molar-refractivity contribution in [3.05, 3.63) is 47.8 Å². The topological polar surface area (TPSA) is 60.7 Å². The minimum Gasteiger partial charge on any atom is -0.490 e. The number of nitrogens with one attached hydrogen (secondary N) is 1. The molecule has 0 radical (unpaired) electrons. The van der Waals surface area contributed by atoms with Crippen LogP contribution in [0.2, 0.25) is 0 Å². The number of nitrogens with zero attached hydrogens (tertiary/aromatic N) is 3. The van der Waals surface area contributed by atoms with Crippen LogP contribution in [0.5, 0.6) is 11.5 Å². The van der Waals surface area contributed by atoms with Gasteiger partial charge in [0.15, 0.2) is 17.1 Å². The van der Waals surface area contributed by atoms with E-state index in [1.54, 1.807) is 6.20 Å². The van der Waals surface area contributed by atoms with Crippen LogP contribution in [-0.4, -0.2) is 27.8 Å². The lowest BCUT2D eigenvalue weighted by molar-refractivity contribution is 0.297. The van der Waals surface area contributed by atoms with Gasteiger partial charge in [0.2, 0.25) is 0 Å². The van der Waals surface area contributed by atoms with E-state index in [1.165, 1.54) is 0 Å². The first-order valence-corrected chi connectivity index (χ1v) is 8.74. The lowest BCUT2D eigenvalue weighted by Gasteiger charge is -2.18. The number of rotatable bonds is 4. The van der Waals surface area contributed by atoms with E-state index < -0.39 is 0 Å². The van der Waals surface area contributed by atoms with Crippen LogP contribution in [-0.2, 0) is 6.42 Å². The third-order valence-electron chi connectivity index (χ3n) is 4.41. The number of hydrogen-bond acceptors (Lipinski definition) is 5. The van der Waals surface area contributed by atoms with Gasteiger partial charge in [-0.05, 0) is 31.0 Å². The SMILES string of the molecule is CCc1cc(N[C@@H](C)c2ccc3c(c2)OCCCO3)n2nccc2n1. The van der Waals surface area contributed by atoms with Crippen LogP contribution < -0.4 is 14.8 Å². The van der Waals surface area contributed by atoms with Crippen LogP contribution in [0.1, 0.15) is 37.6 Å². The van der Waals surface area contributed by atoms with E-state index in [9.17, 15) is 0 Å². The molecule has 2 aromatic heterocycles. The predicted molar refractivity (Wildman–Crippen MR) is 96.5 cm³/mol. The molecule has 0 fully saturated rings. The average Bonchev–Trinajstić information content (AvgIpc) is 2.98. The Morgan fingerprint density at radius 1 is 1.16 bits per heavy atom. The first-order valence-electron chi connectivity index (χ1n) is 8.74. The molecule has 1 aliphatic rings. The molecule has 0 spiro atoms. The highest BCUT2D eigenvalue weighted by molar-refractivity contribution is 5.51. The standard InChI is InChI=1S/C19H22N4O2/c1-3-15-12-19(23-18(22-15)7-8-20-23)21-13(2)14-5-6-16-17(11-14)25-10-4-9-24-16/h5-8,11-13,21H,3-4,9-10H2,1-2H3/t13-/m0/s1. The maximum atomic E-state index is 5.80. The van der Waals surface area contributed by atoms with Gasteiger partial charge in [0.25, 0.3) is 0 Å². The average molecular weight is 338 g/mol. The third-order valence-corrected chi connectivity index (χ3v) is 4.41. The van der Waals surface area contributed by atoms with Crippen molar-refractivity contribution >= 4 is 11.5 Å². The Labute approximate surface area is 146 Å². The van der Waals surface area contributed by atoms with Gasteiger partial charge in [0, 0.05) is 24.2 Å². The van der Waals surface area contributed by atoms with Gasteiger partial charge in [-0.25, -0.2) is 4.98 Å². The minimum atomic E-state index is 0.0941. The first kappa shape index (κ1) is 15.7. The Hall–Kier alpha value is -2.76. The number of hydrogen-bond donors (Lipinski definition) is 1. The van der Waals surface area contributed by atoms with Crippen molar-refractivity contribution in [1.29, 1.82) is 0 Å². The van der Waals surface area contributed by atoms with Crippen molar-refractivity contribution < 1.29 is 9.47 Å². The first-order chi connectivity index (χ1) is 12.2. The number of benzene rings is 1. The molecule has 3 heterocycles. The molecule has 4 rings (SSSR count). The molecule has 6 nitrogen and oxygen atoms in total.